The summed E-state index contributed by atoms with van der Waals surface area (Å²) >= 11 is 0. The van der Waals surface area contributed by atoms with Crippen LogP contribution in [-0.4, -0.2) is 45.1 Å². The van der Waals surface area contributed by atoms with E-state index in [9.17, 15) is 14.7 Å². The summed E-state index contributed by atoms with van der Waals surface area (Å²) in [4.78, 5) is 24.7. The number of benzene rings is 3. The van der Waals surface area contributed by atoms with Crippen molar-refractivity contribution in [2.75, 3.05) is 27.9 Å². The van der Waals surface area contributed by atoms with Gasteiger partial charge < -0.3 is 29.4 Å². The molecule has 0 saturated carbocycles. The standard InChI is InChI=1S/C26H25NO7/c1-31-21-12-15(13-22(32-2)24(21)33-3)23(25(28)29)27-26(30)34-14-20-18-10-6-4-8-16(18)17-9-5-7-11-19(17)20/h4-13,20,23H,14H2,1-3H3,(H,27,30)(H,28,29). The number of aliphatic carboxylic acids is 1. The van der Waals surface area contributed by atoms with Crippen molar-refractivity contribution in [1.29, 1.82) is 0 Å². The van der Waals surface area contributed by atoms with Crippen molar-refractivity contribution in [3.05, 3.63) is 77.4 Å². The Balaban J connectivity index is 1.53. The van der Waals surface area contributed by atoms with Gasteiger partial charge in [0.1, 0.15) is 6.61 Å². The summed E-state index contributed by atoms with van der Waals surface area (Å²) in [6, 6.07) is 17.5. The maximum atomic E-state index is 12.7. The van der Waals surface area contributed by atoms with Crippen LogP contribution >= 0.6 is 0 Å². The molecule has 0 bridgehead atoms. The van der Waals surface area contributed by atoms with Crippen molar-refractivity contribution in [2.24, 2.45) is 0 Å². The Labute approximate surface area is 197 Å². The molecular formula is C26H25NO7. The van der Waals surface area contributed by atoms with Crippen LogP contribution in [-0.2, 0) is 9.53 Å². The molecule has 3 aromatic carbocycles. The highest BCUT2D eigenvalue weighted by Crippen LogP contribution is 2.44. The first-order valence-electron chi connectivity index (χ1n) is 10.6. The van der Waals surface area contributed by atoms with E-state index in [-0.39, 0.29) is 29.6 Å². The number of hydrogen-bond acceptors (Lipinski definition) is 6. The number of carbonyl (C=O) groups is 2. The molecule has 0 fully saturated rings. The zero-order valence-electron chi connectivity index (χ0n) is 19.0. The van der Waals surface area contributed by atoms with Gasteiger partial charge in [0.05, 0.1) is 21.3 Å². The summed E-state index contributed by atoms with van der Waals surface area (Å²) in [7, 11) is 4.30. The van der Waals surface area contributed by atoms with E-state index in [4.69, 9.17) is 18.9 Å². The number of fused-ring (bicyclic) bond motifs is 3. The molecule has 0 radical (unpaired) electrons. The molecule has 176 valence electrons. The van der Waals surface area contributed by atoms with Crippen molar-refractivity contribution in [3.63, 3.8) is 0 Å². The van der Waals surface area contributed by atoms with E-state index in [1.54, 1.807) is 0 Å². The Morgan fingerprint density at radius 2 is 1.41 bits per heavy atom. The molecule has 2 N–H and O–H groups in total. The molecule has 0 heterocycles. The Morgan fingerprint density at radius 3 is 1.88 bits per heavy atom. The number of carboxylic acids is 1. The second-order valence-corrected chi connectivity index (χ2v) is 7.70. The number of rotatable bonds is 8. The molecule has 3 aromatic rings. The molecule has 0 saturated heterocycles. The van der Waals surface area contributed by atoms with Crippen LogP contribution in [0.2, 0.25) is 0 Å². The van der Waals surface area contributed by atoms with E-state index in [2.05, 4.69) is 5.32 Å². The molecule has 1 aliphatic carbocycles. The second kappa shape index (κ2) is 9.74. The van der Waals surface area contributed by atoms with Crippen LogP contribution < -0.4 is 19.5 Å². The second-order valence-electron chi connectivity index (χ2n) is 7.70. The van der Waals surface area contributed by atoms with Gasteiger partial charge in [0, 0.05) is 5.92 Å². The van der Waals surface area contributed by atoms with Crippen molar-refractivity contribution in [1.82, 2.24) is 5.32 Å². The topological polar surface area (TPSA) is 103 Å². The Morgan fingerprint density at radius 1 is 0.882 bits per heavy atom. The smallest absolute Gasteiger partial charge is 0.408 e. The molecule has 1 aliphatic rings. The molecule has 1 amide bonds. The van der Waals surface area contributed by atoms with Crippen molar-refractivity contribution >= 4 is 12.1 Å². The fourth-order valence-electron chi connectivity index (χ4n) is 4.31. The number of carbonyl (C=O) groups excluding carboxylic acids is 1. The van der Waals surface area contributed by atoms with Crippen LogP contribution in [0.15, 0.2) is 60.7 Å². The number of carboxylic acid groups (broad SMARTS) is 1. The van der Waals surface area contributed by atoms with Gasteiger partial charge in [0.25, 0.3) is 0 Å². The molecular weight excluding hydrogens is 438 g/mol. The van der Waals surface area contributed by atoms with Crippen LogP contribution in [0.25, 0.3) is 11.1 Å². The van der Waals surface area contributed by atoms with Gasteiger partial charge in [-0.25, -0.2) is 9.59 Å². The van der Waals surface area contributed by atoms with Crippen molar-refractivity contribution < 1.29 is 33.6 Å². The Kier molecular flexibility index (Phi) is 6.58. The fraction of sp³-hybridized carbons (Fsp3) is 0.231. The van der Waals surface area contributed by atoms with E-state index in [1.807, 2.05) is 48.5 Å². The molecule has 1 unspecified atom stereocenters. The predicted octanol–water partition coefficient (Wildman–Crippen LogP) is 4.38. The zero-order chi connectivity index (χ0) is 24.2. The van der Waals surface area contributed by atoms with Gasteiger partial charge in [-0.05, 0) is 39.9 Å². The largest absolute Gasteiger partial charge is 0.493 e. The van der Waals surface area contributed by atoms with Gasteiger partial charge in [-0.3, -0.25) is 0 Å². The fourth-order valence-corrected chi connectivity index (χ4v) is 4.31. The van der Waals surface area contributed by atoms with E-state index in [1.165, 1.54) is 33.5 Å². The number of ether oxygens (including phenoxy) is 4. The lowest BCUT2D eigenvalue weighted by Crippen LogP contribution is -2.35. The van der Waals surface area contributed by atoms with Gasteiger partial charge in [0.2, 0.25) is 5.75 Å². The van der Waals surface area contributed by atoms with Gasteiger partial charge in [0.15, 0.2) is 17.5 Å². The van der Waals surface area contributed by atoms with Crippen LogP contribution in [0.3, 0.4) is 0 Å². The Hall–Kier alpha value is -4.20. The number of methoxy groups -OCH3 is 3. The highest BCUT2D eigenvalue weighted by molar-refractivity contribution is 5.82. The summed E-state index contributed by atoms with van der Waals surface area (Å²) in [6.45, 7) is 0.0709. The summed E-state index contributed by atoms with van der Waals surface area (Å²) < 4.78 is 21.4. The van der Waals surface area contributed by atoms with Crippen LogP contribution in [0.1, 0.15) is 28.7 Å². The van der Waals surface area contributed by atoms with Gasteiger partial charge in [-0.15, -0.1) is 0 Å². The first-order chi connectivity index (χ1) is 16.5. The molecule has 8 nitrogen and oxygen atoms in total. The normalized spacial score (nSPS) is 12.8. The van der Waals surface area contributed by atoms with Crippen LogP contribution in [0.4, 0.5) is 4.79 Å². The summed E-state index contributed by atoms with van der Waals surface area (Å²) in [5.41, 5.74) is 4.59. The number of nitrogens with one attached hydrogen (secondary N) is 1. The van der Waals surface area contributed by atoms with Gasteiger partial charge in [-0.2, -0.15) is 0 Å². The molecule has 34 heavy (non-hydrogen) atoms. The Bertz CT molecular complexity index is 1150. The maximum absolute atomic E-state index is 12.7. The molecule has 8 heteroatoms. The van der Waals surface area contributed by atoms with E-state index in [0.717, 1.165) is 22.3 Å². The summed E-state index contributed by atoms with van der Waals surface area (Å²) in [6.07, 6.45) is -0.844. The van der Waals surface area contributed by atoms with Crippen molar-refractivity contribution in [2.45, 2.75) is 12.0 Å². The molecule has 1 atom stereocenters. The minimum absolute atomic E-state index is 0.0709. The highest BCUT2D eigenvalue weighted by atomic mass is 16.5. The third-order valence-electron chi connectivity index (χ3n) is 5.87. The molecule has 0 spiro atoms. The molecule has 4 rings (SSSR count). The lowest BCUT2D eigenvalue weighted by molar-refractivity contribution is -0.139. The molecule has 0 aromatic heterocycles. The zero-order valence-corrected chi connectivity index (χ0v) is 19.0. The quantitative estimate of drug-likeness (QED) is 0.511. The average molecular weight is 463 g/mol. The molecule has 0 aliphatic heterocycles. The van der Waals surface area contributed by atoms with E-state index in [0.29, 0.717) is 5.75 Å². The summed E-state index contributed by atoms with van der Waals surface area (Å²) in [5.74, 6) is -0.528. The first-order valence-corrected chi connectivity index (χ1v) is 10.6. The van der Waals surface area contributed by atoms with Gasteiger partial charge in [-0.1, -0.05) is 48.5 Å². The van der Waals surface area contributed by atoms with Crippen LogP contribution in [0.5, 0.6) is 17.2 Å². The lowest BCUT2D eigenvalue weighted by Gasteiger charge is -2.20. The van der Waals surface area contributed by atoms with Crippen LogP contribution in [0, 0.1) is 0 Å². The number of hydrogen-bond donors (Lipinski definition) is 2. The minimum Gasteiger partial charge on any atom is -0.493 e. The third-order valence-corrected chi connectivity index (χ3v) is 5.87. The van der Waals surface area contributed by atoms with Crippen molar-refractivity contribution in [3.8, 4) is 28.4 Å². The average Bonchev–Trinajstić information content (AvgIpc) is 3.18. The number of alkyl carbamates (subject to hydrolysis) is 1. The third kappa shape index (κ3) is 4.22. The first kappa shape index (κ1) is 23.0. The van der Waals surface area contributed by atoms with E-state index >= 15 is 0 Å². The summed E-state index contributed by atoms with van der Waals surface area (Å²) in [5, 5.41) is 12.2. The SMILES string of the molecule is COc1cc(C(NC(=O)OCC2c3ccccc3-c3ccccc32)C(=O)O)cc(OC)c1OC. The van der Waals surface area contributed by atoms with E-state index < -0.39 is 18.1 Å². The number of amides is 1. The lowest BCUT2D eigenvalue weighted by atomic mass is 9.98. The van der Waals surface area contributed by atoms with Gasteiger partial charge >= 0.3 is 12.1 Å². The monoisotopic (exact) mass is 463 g/mol. The maximum Gasteiger partial charge on any atom is 0.408 e. The highest BCUT2D eigenvalue weighted by Gasteiger charge is 2.30. The minimum atomic E-state index is -1.38. The predicted molar refractivity (Wildman–Crippen MR) is 125 cm³/mol.